The predicted octanol–water partition coefficient (Wildman–Crippen LogP) is 4.38. The molecular formula is C15H13IO. The van der Waals surface area contributed by atoms with Gasteiger partial charge in [-0.1, -0.05) is 36.4 Å². The summed E-state index contributed by atoms with van der Waals surface area (Å²) in [7, 11) is 0. The van der Waals surface area contributed by atoms with Crippen molar-refractivity contribution >= 4 is 28.7 Å². The molecule has 0 radical (unpaired) electrons. The van der Waals surface area contributed by atoms with Gasteiger partial charge in [-0.15, -0.1) is 0 Å². The largest absolute Gasteiger partial charge is 0.490 e. The van der Waals surface area contributed by atoms with Gasteiger partial charge in [-0.3, -0.25) is 0 Å². The minimum atomic E-state index is 0.593. The first-order chi connectivity index (χ1) is 8.34. The number of benzene rings is 2. The summed E-state index contributed by atoms with van der Waals surface area (Å²) in [5.74, 6) is 0.906. The molecule has 0 unspecified atom stereocenters. The summed E-state index contributed by atoms with van der Waals surface area (Å²) in [5, 5.41) is 0. The van der Waals surface area contributed by atoms with Crippen molar-refractivity contribution in [3.8, 4) is 5.75 Å². The topological polar surface area (TPSA) is 9.23 Å². The van der Waals surface area contributed by atoms with Crippen LogP contribution in [0.15, 0.2) is 60.7 Å². The van der Waals surface area contributed by atoms with E-state index in [1.807, 2.05) is 48.5 Å². The molecule has 86 valence electrons. The first-order valence-corrected chi connectivity index (χ1v) is 6.52. The van der Waals surface area contributed by atoms with Crippen LogP contribution in [-0.2, 0) is 0 Å². The van der Waals surface area contributed by atoms with E-state index in [2.05, 4.69) is 40.8 Å². The van der Waals surface area contributed by atoms with E-state index in [4.69, 9.17) is 4.74 Å². The minimum Gasteiger partial charge on any atom is -0.490 e. The van der Waals surface area contributed by atoms with Crippen molar-refractivity contribution in [1.82, 2.24) is 0 Å². The highest BCUT2D eigenvalue weighted by atomic mass is 127. The van der Waals surface area contributed by atoms with Crippen LogP contribution in [0.1, 0.15) is 5.56 Å². The van der Waals surface area contributed by atoms with Crippen LogP contribution in [0.25, 0.3) is 6.08 Å². The first kappa shape index (κ1) is 12.2. The molecule has 2 aromatic rings. The fraction of sp³-hybridized carbons (Fsp3) is 0.0667. The van der Waals surface area contributed by atoms with Crippen LogP contribution < -0.4 is 4.74 Å². The van der Waals surface area contributed by atoms with Crippen LogP contribution in [0, 0.1) is 3.57 Å². The van der Waals surface area contributed by atoms with E-state index in [9.17, 15) is 0 Å². The molecule has 0 aromatic heterocycles. The Labute approximate surface area is 115 Å². The lowest BCUT2D eigenvalue weighted by atomic mass is 10.2. The normalized spacial score (nSPS) is 10.6. The Balaban J connectivity index is 1.84. The summed E-state index contributed by atoms with van der Waals surface area (Å²) in [5.41, 5.74) is 1.19. The zero-order valence-electron chi connectivity index (χ0n) is 9.34. The number of ether oxygens (including phenoxy) is 1. The molecule has 0 fully saturated rings. The molecule has 2 heteroatoms. The molecule has 0 bridgehead atoms. The van der Waals surface area contributed by atoms with Crippen molar-refractivity contribution < 1.29 is 4.74 Å². The van der Waals surface area contributed by atoms with Gasteiger partial charge in [0.2, 0.25) is 0 Å². The number of hydrogen-bond acceptors (Lipinski definition) is 1. The van der Waals surface area contributed by atoms with Crippen LogP contribution in [0.3, 0.4) is 0 Å². The average Bonchev–Trinajstić information content (AvgIpc) is 2.38. The standard InChI is InChI=1S/C15H13IO/c16-14-8-10-15(11-9-14)17-12-4-7-13-5-2-1-3-6-13/h1-11H,12H2/b7-4+. The second-order valence-electron chi connectivity index (χ2n) is 3.58. The lowest BCUT2D eigenvalue weighted by Gasteiger charge is -2.02. The fourth-order valence-electron chi connectivity index (χ4n) is 1.42. The maximum Gasteiger partial charge on any atom is 0.119 e. The number of halogens is 1. The third kappa shape index (κ3) is 4.23. The zero-order chi connectivity index (χ0) is 11.9. The van der Waals surface area contributed by atoms with E-state index < -0.39 is 0 Å². The highest BCUT2D eigenvalue weighted by Crippen LogP contribution is 2.13. The molecule has 2 aromatic carbocycles. The monoisotopic (exact) mass is 336 g/mol. The van der Waals surface area contributed by atoms with E-state index in [1.165, 1.54) is 9.13 Å². The Morgan fingerprint density at radius 3 is 2.35 bits per heavy atom. The molecule has 0 aliphatic carbocycles. The van der Waals surface area contributed by atoms with Crippen molar-refractivity contribution in [2.75, 3.05) is 6.61 Å². The van der Waals surface area contributed by atoms with E-state index in [0.29, 0.717) is 6.61 Å². The molecule has 0 atom stereocenters. The van der Waals surface area contributed by atoms with Gasteiger partial charge in [0.25, 0.3) is 0 Å². The van der Waals surface area contributed by atoms with Gasteiger partial charge in [-0.05, 0) is 58.5 Å². The molecule has 0 saturated heterocycles. The second-order valence-corrected chi connectivity index (χ2v) is 4.82. The Hall–Kier alpha value is -1.29. The van der Waals surface area contributed by atoms with Crippen LogP contribution in [0.2, 0.25) is 0 Å². The van der Waals surface area contributed by atoms with Gasteiger partial charge in [0.05, 0.1) is 0 Å². The number of rotatable bonds is 4. The summed E-state index contributed by atoms with van der Waals surface area (Å²) in [6, 6.07) is 18.3. The van der Waals surface area contributed by atoms with Crippen molar-refractivity contribution in [3.05, 3.63) is 69.8 Å². The van der Waals surface area contributed by atoms with Crippen LogP contribution in [0.4, 0.5) is 0 Å². The molecule has 0 aliphatic rings. The van der Waals surface area contributed by atoms with E-state index in [-0.39, 0.29) is 0 Å². The molecule has 0 amide bonds. The van der Waals surface area contributed by atoms with Crippen LogP contribution in [-0.4, -0.2) is 6.61 Å². The molecule has 0 saturated carbocycles. The zero-order valence-corrected chi connectivity index (χ0v) is 11.5. The quantitative estimate of drug-likeness (QED) is 0.753. The van der Waals surface area contributed by atoms with Gasteiger partial charge in [0.15, 0.2) is 0 Å². The molecule has 0 heterocycles. The van der Waals surface area contributed by atoms with E-state index in [1.54, 1.807) is 0 Å². The van der Waals surface area contributed by atoms with Crippen molar-refractivity contribution in [1.29, 1.82) is 0 Å². The van der Waals surface area contributed by atoms with Gasteiger partial charge in [-0.2, -0.15) is 0 Å². The molecule has 2 rings (SSSR count). The van der Waals surface area contributed by atoms with Gasteiger partial charge in [0, 0.05) is 3.57 Å². The van der Waals surface area contributed by atoms with Gasteiger partial charge >= 0.3 is 0 Å². The maximum absolute atomic E-state index is 5.59. The average molecular weight is 336 g/mol. The Bertz CT molecular complexity index is 474. The summed E-state index contributed by atoms with van der Waals surface area (Å²) in [6.45, 7) is 0.593. The lowest BCUT2D eigenvalue weighted by Crippen LogP contribution is -1.92. The summed E-state index contributed by atoms with van der Waals surface area (Å²) in [4.78, 5) is 0. The summed E-state index contributed by atoms with van der Waals surface area (Å²) < 4.78 is 6.81. The van der Waals surface area contributed by atoms with E-state index >= 15 is 0 Å². The SMILES string of the molecule is Ic1ccc(OC/C=C/c2ccccc2)cc1. The fourth-order valence-corrected chi connectivity index (χ4v) is 1.78. The predicted molar refractivity (Wildman–Crippen MR) is 80.1 cm³/mol. The van der Waals surface area contributed by atoms with Crippen molar-refractivity contribution in [2.45, 2.75) is 0 Å². The number of hydrogen-bond donors (Lipinski definition) is 0. The van der Waals surface area contributed by atoms with Gasteiger partial charge in [-0.25, -0.2) is 0 Å². The van der Waals surface area contributed by atoms with Gasteiger partial charge in [0.1, 0.15) is 12.4 Å². The molecule has 1 nitrogen and oxygen atoms in total. The van der Waals surface area contributed by atoms with Gasteiger partial charge < -0.3 is 4.74 Å². The third-order valence-corrected chi connectivity index (χ3v) is 2.99. The Morgan fingerprint density at radius 2 is 1.65 bits per heavy atom. The second kappa shape index (κ2) is 6.45. The highest BCUT2D eigenvalue weighted by molar-refractivity contribution is 14.1. The van der Waals surface area contributed by atoms with E-state index in [0.717, 1.165) is 5.75 Å². The maximum atomic E-state index is 5.59. The highest BCUT2D eigenvalue weighted by Gasteiger charge is 1.91. The molecule has 0 spiro atoms. The molecule has 0 N–H and O–H groups in total. The molecule has 0 aliphatic heterocycles. The summed E-state index contributed by atoms with van der Waals surface area (Å²) in [6.07, 6.45) is 4.08. The smallest absolute Gasteiger partial charge is 0.119 e. The first-order valence-electron chi connectivity index (χ1n) is 5.44. The molecular weight excluding hydrogens is 323 g/mol. The van der Waals surface area contributed by atoms with Crippen molar-refractivity contribution in [2.24, 2.45) is 0 Å². The van der Waals surface area contributed by atoms with Crippen LogP contribution >= 0.6 is 22.6 Å². The van der Waals surface area contributed by atoms with Crippen LogP contribution in [0.5, 0.6) is 5.75 Å². The minimum absolute atomic E-state index is 0.593. The molecule has 17 heavy (non-hydrogen) atoms. The third-order valence-electron chi connectivity index (χ3n) is 2.27. The van der Waals surface area contributed by atoms with Crippen molar-refractivity contribution in [3.63, 3.8) is 0 Å². The Kier molecular flexibility index (Phi) is 4.62. The lowest BCUT2D eigenvalue weighted by molar-refractivity contribution is 0.363. The summed E-state index contributed by atoms with van der Waals surface area (Å²) >= 11 is 2.28. The Morgan fingerprint density at radius 1 is 0.941 bits per heavy atom.